The van der Waals surface area contributed by atoms with Crippen LogP contribution in [0, 0.1) is 18.7 Å². The molecule has 1 aromatic carbocycles. The Morgan fingerprint density at radius 1 is 1.42 bits per heavy atom. The van der Waals surface area contributed by atoms with Crippen molar-refractivity contribution in [1.82, 2.24) is 35.3 Å². The maximum atomic E-state index is 14.3. The molecule has 2 aromatic heterocycles. The highest BCUT2D eigenvalue weighted by molar-refractivity contribution is 5.35. The van der Waals surface area contributed by atoms with Crippen LogP contribution in [0.5, 0.6) is 0 Å². The molecule has 26 heavy (non-hydrogen) atoms. The van der Waals surface area contributed by atoms with Gasteiger partial charge in [-0.05, 0) is 31.0 Å². The number of aryl methyl sites for hydroxylation is 1. The molecule has 0 amide bonds. The minimum atomic E-state index is -0.326. The summed E-state index contributed by atoms with van der Waals surface area (Å²) >= 11 is 0. The normalized spacial score (nSPS) is 19.9. The van der Waals surface area contributed by atoms with E-state index in [4.69, 9.17) is 4.74 Å². The van der Waals surface area contributed by atoms with Gasteiger partial charge in [0.05, 0.1) is 0 Å². The molecule has 0 unspecified atom stereocenters. The molecule has 0 bridgehead atoms. The number of hydrogen-bond acceptors (Lipinski definition) is 6. The van der Waals surface area contributed by atoms with E-state index >= 15 is 0 Å². The van der Waals surface area contributed by atoms with E-state index in [1.165, 1.54) is 23.4 Å². The highest BCUT2D eigenvalue weighted by atomic mass is 19.1. The summed E-state index contributed by atoms with van der Waals surface area (Å²) in [4.78, 5) is 8.21. The van der Waals surface area contributed by atoms with Crippen LogP contribution in [0.15, 0.2) is 30.9 Å². The third-order valence-corrected chi connectivity index (χ3v) is 4.50. The molecule has 9 heteroatoms. The van der Waals surface area contributed by atoms with Crippen molar-refractivity contribution in [1.29, 1.82) is 0 Å². The summed E-state index contributed by atoms with van der Waals surface area (Å²) in [6.07, 6.45) is 3.70. The number of nitrogens with zero attached hydrogens (tertiary/aromatic N) is 5. The van der Waals surface area contributed by atoms with E-state index in [9.17, 15) is 4.39 Å². The van der Waals surface area contributed by atoms with E-state index in [2.05, 4.69) is 30.6 Å². The molecule has 0 saturated carbocycles. The summed E-state index contributed by atoms with van der Waals surface area (Å²) in [6, 6.07) is 5.11. The smallest absolute Gasteiger partial charge is 0.179 e. The number of nitrogens with one attached hydrogen (secondary N) is 2. The lowest BCUT2D eigenvalue weighted by Gasteiger charge is -2.16. The Labute approximate surface area is 149 Å². The van der Waals surface area contributed by atoms with Crippen LogP contribution in [-0.2, 0) is 11.3 Å². The van der Waals surface area contributed by atoms with Crippen molar-refractivity contribution in [3.63, 3.8) is 0 Å². The topological polar surface area (TPSA) is 93.5 Å². The highest BCUT2D eigenvalue weighted by Gasteiger charge is 2.32. The zero-order chi connectivity index (χ0) is 17.9. The Morgan fingerprint density at radius 2 is 2.35 bits per heavy atom. The van der Waals surface area contributed by atoms with Gasteiger partial charge in [0.15, 0.2) is 5.82 Å². The molecule has 3 heterocycles. The molecule has 1 aliphatic heterocycles. The predicted molar refractivity (Wildman–Crippen MR) is 90.9 cm³/mol. The average Bonchev–Trinajstić information content (AvgIpc) is 3.36. The molecule has 0 spiro atoms. The lowest BCUT2D eigenvalue weighted by molar-refractivity contribution is 0.0835. The number of benzene rings is 1. The van der Waals surface area contributed by atoms with Crippen LogP contribution in [0.1, 0.15) is 29.7 Å². The van der Waals surface area contributed by atoms with Gasteiger partial charge in [-0.25, -0.2) is 19.0 Å². The van der Waals surface area contributed by atoms with Crippen LogP contribution >= 0.6 is 0 Å². The van der Waals surface area contributed by atoms with Gasteiger partial charge in [0.2, 0.25) is 0 Å². The molecule has 1 saturated heterocycles. The third kappa shape index (κ3) is 3.49. The third-order valence-electron chi connectivity index (χ3n) is 4.50. The van der Waals surface area contributed by atoms with E-state index in [1.807, 2.05) is 13.0 Å². The molecular weight excluding hydrogens is 337 g/mol. The van der Waals surface area contributed by atoms with Crippen LogP contribution in [0.2, 0.25) is 0 Å². The second-order valence-corrected chi connectivity index (χ2v) is 6.38. The first kappa shape index (κ1) is 16.8. The number of H-pyrrole nitrogens is 1. The lowest BCUT2D eigenvalue weighted by Crippen LogP contribution is -2.25. The van der Waals surface area contributed by atoms with Crippen LogP contribution in [0.25, 0.3) is 5.69 Å². The lowest BCUT2D eigenvalue weighted by atomic mass is 10.0. The summed E-state index contributed by atoms with van der Waals surface area (Å²) < 4.78 is 21.5. The summed E-state index contributed by atoms with van der Waals surface area (Å²) in [6.45, 7) is 3.90. The minimum Gasteiger partial charge on any atom is -0.370 e. The van der Waals surface area contributed by atoms with E-state index in [1.54, 1.807) is 6.07 Å². The molecule has 1 aliphatic rings. The maximum absolute atomic E-state index is 14.3. The van der Waals surface area contributed by atoms with Gasteiger partial charge in [-0.15, -0.1) is 0 Å². The van der Waals surface area contributed by atoms with E-state index in [0.29, 0.717) is 30.6 Å². The number of aromatic nitrogens is 6. The van der Waals surface area contributed by atoms with Crippen molar-refractivity contribution in [2.24, 2.45) is 5.92 Å². The number of aromatic amines is 1. The van der Waals surface area contributed by atoms with Crippen LogP contribution < -0.4 is 5.32 Å². The minimum absolute atomic E-state index is 0.0983. The van der Waals surface area contributed by atoms with E-state index < -0.39 is 0 Å². The molecule has 8 nitrogen and oxygen atoms in total. The standard InChI is InChI=1S/C17H20FN7O/c1-11-22-17(24-23-11)16-13(4-5-26-16)8-19-7-12-2-3-15(14(18)6-12)25-10-20-9-21-25/h2-3,6,9-10,13,16,19H,4-5,7-8H2,1H3,(H,22,23,24)/t13-,16-/m0/s1. The fourth-order valence-electron chi connectivity index (χ4n) is 3.20. The van der Waals surface area contributed by atoms with Crippen LogP contribution in [-0.4, -0.2) is 43.1 Å². The van der Waals surface area contributed by atoms with E-state index in [0.717, 1.165) is 24.4 Å². The first-order valence-electron chi connectivity index (χ1n) is 8.55. The van der Waals surface area contributed by atoms with Crippen LogP contribution in [0.4, 0.5) is 4.39 Å². The number of ether oxygens (including phenoxy) is 1. The molecule has 0 radical (unpaired) electrons. The van der Waals surface area contributed by atoms with Gasteiger partial charge in [-0.2, -0.15) is 10.2 Å². The van der Waals surface area contributed by atoms with Crippen LogP contribution in [0.3, 0.4) is 0 Å². The SMILES string of the molecule is Cc1nc([C@H]2OCC[C@H]2CNCc2ccc(-n3cncn3)c(F)c2)n[nH]1. The number of rotatable bonds is 6. The summed E-state index contributed by atoms with van der Waals surface area (Å²) in [7, 11) is 0. The van der Waals surface area contributed by atoms with E-state index in [-0.39, 0.29) is 11.9 Å². The van der Waals surface area contributed by atoms with Gasteiger partial charge < -0.3 is 10.1 Å². The quantitative estimate of drug-likeness (QED) is 0.697. The Bertz CT molecular complexity index is 864. The monoisotopic (exact) mass is 357 g/mol. The summed E-state index contributed by atoms with van der Waals surface area (Å²) in [5, 5.41) is 14.4. The molecule has 0 aliphatic carbocycles. The first-order chi connectivity index (χ1) is 12.7. The number of halogens is 1. The Balaban J connectivity index is 1.35. The largest absolute Gasteiger partial charge is 0.370 e. The highest BCUT2D eigenvalue weighted by Crippen LogP contribution is 2.32. The van der Waals surface area contributed by atoms with Gasteiger partial charge in [-0.1, -0.05) is 6.07 Å². The molecule has 136 valence electrons. The summed E-state index contributed by atoms with van der Waals surface area (Å²) in [5.41, 5.74) is 1.26. The molecular formula is C17H20FN7O. The number of hydrogen-bond donors (Lipinski definition) is 2. The second kappa shape index (κ2) is 7.30. The molecule has 4 rings (SSSR count). The zero-order valence-corrected chi connectivity index (χ0v) is 14.4. The Hall–Kier alpha value is -2.65. The maximum Gasteiger partial charge on any atom is 0.179 e. The predicted octanol–water partition coefficient (Wildman–Crippen LogP) is 1.70. The van der Waals surface area contributed by atoms with Crippen molar-refractivity contribution >= 4 is 0 Å². The fraction of sp³-hybridized carbons (Fsp3) is 0.412. The molecule has 2 N–H and O–H groups in total. The van der Waals surface area contributed by atoms with Crippen molar-refractivity contribution in [3.8, 4) is 5.69 Å². The average molecular weight is 357 g/mol. The molecule has 1 fully saturated rings. The van der Waals surface area contributed by atoms with Gasteiger partial charge in [0.25, 0.3) is 0 Å². The summed E-state index contributed by atoms with van der Waals surface area (Å²) in [5.74, 6) is 1.46. The fourth-order valence-corrected chi connectivity index (χ4v) is 3.20. The van der Waals surface area contributed by atoms with Crippen molar-refractivity contribution in [2.75, 3.05) is 13.2 Å². The zero-order valence-electron chi connectivity index (χ0n) is 14.4. The Morgan fingerprint density at radius 3 is 3.08 bits per heavy atom. The van der Waals surface area contributed by atoms with Gasteiger partial charge in [0, 0.05) is 25.6 Å². The molecule has 2 atom stereocenters. The second-order valence-electron chi connectivity index (χ2n) is 6.38. The van der Waals surface area contributed by atoms with Gasteiger partial charge in [0.1, 0.15) is 36.1 Å². The van der Waals surface area contributed by atoms with Crippen molar-refractivity contribution in [3.05, 3.63) is 53.9 Å². The van der Waals surface area contributed by atoms with Gasteiger partial charge in [-0.3, -0.25) is 5.10 Å². The van der Waals surface area contributed by atoms with Crippen molar-refractivity contribution in [2.45, 2.75) is 26.0 Å². The van der Waals surface area contributed by atoms with Crippen molar-refractivity contribution < 1.29 is 9.13 Å². The molecule has 3 aromatic rings. The Kier molecular flexibility index (Phi) is 4.72. The van der Waals surface area contributed by atoms with Gasteiger partial charge >= 0.3 is 0 Å². The first-order valence-corrected chi connectivity index (χ1v) is 8.55.